The lowest BCUT2D eigenvalue weighted by atomic mass is 10.2. The van der Waals surface area contributed by atoms with Crippen molar-refractivity contribution in [3.05, 3.63) is 5.89 Å². The Kier molecular flexibility index (Phi) is 8.37. The van der Waals surface area contributed by atoms with Crippen molar-refractivity contribution in [2.75, 3.05) is 38.7 Å². The Balaban J connectivity index is 2.15. The molecule has 0 fully saturated rings. The maximum absolute atomic E-state index is 11.5. The summed E-state index contributed by atoms with van der Waals surface area (Å²) < 4.78 is 10.3. The Labute approximate surface area is 125 Å². The molecule has 0 saturated carbocycles. The summed E-state index contributed by atoms with van der Waals surface area (Å²) in [6.07, 6.45) is 0.372. The highest BCUT2D eigenvalue weighted by Crippen LogP contribution is 2.04. The lowest BCUT2D eigenvalue weighted by molar-refractivity contribution is -0.120. The van der Waals surface area contributed by atoms with Crippen LogP contribution in [0.15, 0.2) is 4.42 Å². The molecule has 0 aromatic carbocycles. The number of amides is 1. The van der Waals surface area contributed by atoms with Gasteiger partial charge in [-0.25, -0.2) is 0 Å². The molecular formula is C13H25N5O3. The van der Waals surface area contributed by atoms with Crippen molar-refractivity contribution in [1.82, 2.24) is 20.8 Å². The predicted molar refractivity (Wildman–Crippen MR) is 78.8 cm³/mol. The summed E-state index contributed by atoms with van der Waals surface area (Å²) in [6.45, 7) is 7.10. The summed E-state index contributed by atoms with van der Waals surface area (Å²) >= 11 is 0. The quantitative estimate of drug-likeness (QED) is 0.508. The van der Waals surface area contributed by atoms with Crippen LogP contribution in [0.25, 0.3) is 0 Å². The van der Waals surface area contributed by atoms with E-state index in [0.717, 1.165) is 6.54 Å². The van der Waals surface area contributed by atoms with Crippen molar-refractivity contribution < 1.29 is 13.9 Å². The minimum absolute atomic E-state index is 0.0113. The van der Waals surface area contributed by atoms with Crippen LogP contribution in [0, 0.1) is 5.92 Å². The monoisotopic (exact) mass is 299 g/mol. The van der Waals surface area contributed by atoms with Crippen LogP contribution in [0.4, 0.5) is 6.01 Å². The van der Waals surface area contributed by atoms with Gasteiger partial charge in [-0.05, 0) is 5.92 Å². The number of rotatable bonds is 11. The molecule has 1 aromatic heterocycles. The van der Waals surface area contributed by atoms with Crippen molar-refractivity contribution in [2.45, 2.75) is 26.8 Å². The van der Waals surface area contributed by atoms with Gasteiger partial charge >= 0.3 is 6.01 Å². The molecule has 0 bridgehead atoms. The number of carbonyl (C=O) groups is 1. The molecule has 1 aromatic rings. The molecule has 0 spiro atoms. The zero-order valence-electron chi connectivity index (χ0n) is 12.9. The van der Waals surface area contributed by atoms with Crippen LogP contribution in [-0.2, 0) is 16.1 Å². The van der Waals surface area contributed by atoms with E-state index in [1.165, 1.54) is 0 Å². The van der Waals surface area contributed by atoms with Gasteiger partial charge in [0.15, 0.2) is 0 Å². The third-order valence-electron chi connectivity index (χ3n) is 2.56. The second kappa shape index (κ2) is 10.1. The average Bonchev–Trinajstić information content (AvgIpc) is 2.89. The molecule has 3 N–H and O–H groups in total. The molecule has 0 saturated heterocycles. The zero-order chi connectivity index (χ0) is 15.5. The normalized spacial score (nSPS) is 10.9. The molecule has 0 aliphatic rings. The van der Waals surface area contributed by atoms with Crippen LogP contribution in [0.3, 0.4) is 0 Å². The second-order valence-corrected chi connectivity index (χ2v) is 5.05. The minimum Gasteiger partial charge on any atom is -0.407 e. The molecule has 0 atom stereocenters. The molecule has 1 heterocycles. The standard InChI is InChI=1S/C13H25N5O3/c1-10(2)8-16-11(19)4-5-15-13-18-17-12(21-13)9-14-6-7-20-3/h10,14H,4-9H2,1-3H3,(H,15,18)(H,16,19). The van der Waals surface area contributed by atoms with E-state index < -0.39 is 0 Å². The van der Waals surface area contributed by atoms with E-state index >= 15 is 0 Å². The van der Waals surface area contributed by atoms with Gasteiger partial charge in [0.1, 0.15) is 0 Å². The highest BCUT2D eigenvalue weighted by atomic mass is 16.5. The second-order valence-electron chi connectivity index (χ2n) is 5.05. The molecule has 0 aliphatic heterocycles. The number of nitrogens with zero attached hydrogens (tertiary/aromatic N) is 2. The summed E-state index contributed by atoms with van der Waals surface area (Å²) in [5.41, 5.74) is 0. The third kappa shape index (κ3) is 8.26. The van der Waals surface area contributed by atoms with E-state index in [2.05, 4.69) is 40.0 Å². The fraction of sp³-hybridized carbons (Fsp3) is 0.769. The molecule has 0 aliphatic carbocycles. The van der Waals surface area contributed by atoms with Gasteiger partial charge in [-0.3, -0.25) is 4.79 Å². The van der Waals surface area contributed by atoms with Gasteiger partial charge in [-0.2, -0.15) is 0 Å². The van der Waals surface area contributed by atoms with Gasteiger partial charge in [0.2, 0.25) is 11.8 Å². The highest BCUT2D eigenvalue weighted by molar-refractivity contribution is 5.76. The maximum Gasteiger partial charge on any atom is 0.315 e. The molecular weight excluding hydrogens is 274 g/mol. The molecule has 120 valence electrons. The fourth-order valence-electron chi connectivity index (χ4n) is 1.46. The van der Waals surface area contributed by atoms with Crippen LogP contribution in [-0.4, -0.2) is 49.5 Å². The molecule has 0 radical (unpaired) electrons. The molecule has 8 heteroatoms. The fourth-order valence-corrected chi connectivity index (χ4v) is 1.46. The molecule has 1 amide bonds. The van der Waals surface area contributed by atoms with Crippen LogP contribution >= 0.6 is 0 Å². The largest absolute Gasteiger partial charge is 0.407 e. The van der Waals surface area contributed by atoms with Gasteiger partial charge < -0.3 is 25.1 Å². The summed E-state index contributed by atoms with van der Waals surface area (Å²) in [5.74, 6) is 0.959. The van der Waals surface area contributed by atoms with E-state index in [1.54, 1.807) is 7.11 Å². The number of anilines is 1. The van der Waals surface area contributed by atoms with Gasteiger partial charge in [-0.1, -0.05) is 18.9 Å². The lowest BCUT2D eigenvalue weighted by Gasteiger charge is -2.07. The van der Waals surface area contributed by atoms with Gasteiger partial charge in [0.05, 0.1) is 13.2 Å². The summed E-state index contributed by atoms with van der Waals surface area (Å²) in [7, 11) is 1.65. The first-order valence-electron chi connectivity index (χ1n) is 7.14. The summed E-state index contributed by atoms with van der Waals surface area (Å²) in [5, 5.41) is 16.6. The topological polar surface area (TPSA) is 101 Å². The van der Waals surface area contributed by atoms with Crippen molar-refractivity contribution in [3.8, 4) is 0 Å². The zero-order valence-corrected chi connectivity index (χ0v) is 12.9. The van der Waals surface area contributed by atoms with Gasteiger partial charge in [0.25, 0.3) is 0 Å². The van der Waals surface area contributed by atoms with E-state index in [1.807, 2.05) is 0 Å². The Bertz CT molecular complexity index is 408. The highest BCUT2D eigenvalue weighted by Gasteiger charge is 2.06. The maximum atomic E-state index is 11.5. The number of ether oxygens (including phenoxy) is 1. The van der Waals surface area contributed by atoms with Crippen LogP contribution in [0.2, 0.25) is 0 Å². The van der Waals surface area contributed by atoms with Crippen molar-refractivity contribution in [2.24, 2.45) is 5.92 Å². The molecule has 1 rings (SSSR count). The van der Waals surface area contributed by atoms with E-state index in [-0.39, 0.29) is 5.91 Å². The third-order valence-corrected chi connectivity index (χ3v) is 2.56. The number of nitrogens with one attached hydrogen (secondary N) is 3. The van der Waals surface area contributed by atoms with Crippen molar-refractivity contribution in [1.29, 1.82) is 0 Å². The molecule has 0 unspecified atom stereocenters. The summed E-state index contributed by atoms with van der Waals surface area (Å²) in [6, 6.07) is 0.329. The number of methoxy groups -OCH3 is 1. The minimum atomic E-state index is 0.0113. The summed E-state index contributed by atoms with van der Waals surface area (Å²) in [4.78, 5) is 11.5. The number of hydrogen-bond donors (Lipinski definition) is 3. The number of aromatic nitrogens is 2. The van der Waals surface area contributed by atoms with Gasteiger partial charge in [-0.15, -0.1) is 5.10 Å². The van der Waals surface area contributed by atoms with Crippen molar-refractivity contribution in [3.63, 3.8) is 0 Å². The van der Waals surface area contributed by atoms with Gasteiger partial charge in [0, 0.05) is 33.2 Å². The Morgan fingerprint density at radius 3 is 2.86 bits per heavy atom. The Morgan fingerprint density at radius 1 is 1.33 bits per heavy atom. The number of carbonyl (C=O) groups excluding carboxylic acids is 1. The Morgan fingerprint density at radius 2 is 2.14 bits per heavy atom. The lowest BCUT2D eigenvalue weighted by Crippen LogP contribution is -2.28. The van der Waals surface area contributed by atoms with Crippen molar-refractivity contribution >= 4 is 11.9 Å². The van der Waals surface area contributed by atoms with E-state index in [9.17, 15) is 4.79 Å². The SMILES string of the molecule is COCCNCc1nnc(NCCC(=O)NCC(C)C)o1. The molecule has 8 nitrogen and oxygen atoms in total. The average molecular weight is 299 g/mol. The first-order valence-corrected chi connectivity index (χ1v) is 7.14. The van der Waals surface area contributed by atoms with Crippen LogP contribution in [0.1, 0.15) is 26.2 Å². The van der Waals surface area contributed by atoms with E-state index in [0.29, 0.717) is 50.5 Å². The number of hydrogen-bond acceptors (Lipinski definition) is 7. The predicted octanol–water partition coefficient (Wildman–Crippen LogP) is 0.380. The first kappa shape index (κ1) is 17.4. The molecule has 21 heavy (non-hydrogen) atoms. The van der Waals surface area contributed by atoms with Crippen LogP contribution < -0.4 is 16.0 Å². The first-order chi connectivity index (χ1) is 10.1. The Hall–Kier alpha value is -1.67. The van der Waals surface area contributed by atoms with E-state index in [4.69, 9.17) is 9.15 Å². The smallest absolute Gasteiger partial charge is 0.315 e. The van der Waals surface area contributed by atoms with Crippen LogP contribution in [0.5, 0.6) is 0 Å².